The van der Waals surface area contributed by atoms with Gasteiger partial charge in [-0.2, -0.15) is 0 Å². The number of esters is 1. The molecule has 4 aromatic rings. The number of benzene rings is 3. The van der Waals surface area contributed by atoms with Crippen molar-refractivity contribution >= 4 is 17.6 Å². The van der Waals surface area contributed by atoms with Crippen molar-refractivity contribution in [1.82, 2.24) is 4.57 Å². The number of halogens is 1. The topological polar surface area (TPSA) is 101 Å². The number of amides is 1. The fraction of sp³-hybridized carbons (Fsp3) is 0.273. The van der Waals surface area contributed by atoms with E-state index in [0.717, 1.165) is 0 Å². The molecule has 1 saturated heterocycles. The lowest BCUT2D eigenvalue weighted by Crippen LogP contribution is -2.33. The number of rotatable bonds is 8. The van der Waals surface area contributed by atoms with Crippen molar-refractivity contribution in [2.24, 2.45) is 0 Å². The van der Waals surface area contributed by atoms with Crippen molar-refractivity contribution in [3.05, 3.63) is 95.8 Å². The highest BCUT2D eigenvalue weighted by Crippen LogP contribution is 2.43. The monoisotopic (exact) mass is 561 g/mol. The highest BCUT2D eigenvalue weighted by Gasteiger charge is 2.32. The number of aromatic hydroxyl groups is 1. The lowest BCUT2D eigenvalue weighted by atomic mass is 9.94. The number of hydrogen-bond acceptors (Lipinski definition) is 5. The lowest BCUT2D eigenvalue weighted by molar-refractivity contribution is -0.160. The van der Waals surface area contributed by atoms with Crippen LogP contribution in [0.25, 0.3) is 22.4 Å². The van der Waals surface area contributed by atoms with E-state index in [1.54, 1.807) is 16.7 Å². The summed E-state index contributed by atoms with van der Waals surface area (Å²) in [7, 11) is 0. The normalized spacial score (nSPS) is 18.7. The second-order valence-corrected chi connectivity index (χ2v) is 10.3. The lowest BCUT2D eigenvalue weighted by Gasteiger charge is -2.27. The van der Waals surface area contributed by atoms with Gasteiger partial charge in [0.2, 0.25) is 0 Å². The Kier molecular flexibility index (Phi) is 6.51. The van der Waals surface area contributed by atoms with Gasteiger partial charge in [-0.25, -0.2) is 4.39 Å². The van der Waals surface area contributed by atoms with Crippen LogP contribution in [0.4, 0.5) is 10.1 Å². The molecule has 0 bridgehead atoms. The average Bonchev–Trinajstić information content (AvgIpc) is 3.34. The van der Waals surface area contributed by atoms with Crippen molar-refractivity contribution in [2.75, 3.05) is 5.32 Å². The number of anilines is 1. The third-order valence-corrected chi connectivity index (χ3v) is 7.01. The van der Waals surface area contributed by atoms with Crippen LogP contribution >= 0.6 is 0 Å². The number of hydrogen-bond donors (Lipinski definition) is 3. The number of para-hydroxylation sites is 2. The molecule has 0 saturated carbocycles. The molecule has 0 aliphatic carbocycles. The number of carbonyl (C=O) groups is 2. The fourth-order valence-electron chi connectivity index (χ4n) is 5.30. The highest BCUT2D eigenvalue weighted by atomic mass is 19.1. The zero-order valence-electron chi connectivity index (χ0n) is 27.6. The van der Waals surface area contributed by atoms with E-state index in [-0.39, 0.29) is 65.5 Å². The zero-order chi connectivity index (χ0) is 33.4. The van der Waals surface area contributed by atoms with E-state index in [4.69, 9.17) is 11.6 Å². The Morgan fingerprint density at radius 3 is 2.49 bits per heavy atom. The summed E-state index contributed by atoms with van der Waals surface area (Å²) < 4.78 is 64.1. The molecule has 1 fully saturated rings. The summed E-state index contributed by atoms with van der Waals surface area (Å²) >= 11 is 0. The number of phenolic OH excluding ortho intramolecular Hbond substituents is 1. The molecule has 1 aromatic heterocycles. The number of cyclic esters (lactones) is 1. The first-order valence-electron chi connectivity index (χ1n) is 15.9. The third kappa shape index (κ3) is 6.02. The molecular formula is C33H33FN2O5. The highest BCUT2D eigenvalue weighted by molar-refractivity contribution is 6.13. The van der Waals surface area contributed by atoms with Crippen molar-refractivity contribution in [3.63, 3.8) is 0 Å². The maximum Gasteiger partial charge on any atom is 0.308 e. The molecule has 7 nitrogen and oxygen atoms in total. The summed E-state index contributed by atoms with van der Waals surface area (Å²) in [5.74, 6) is -2.38. The molecule has 212 valence electrons. The first-order chi connectivity index (χ1) is 21.8. The molecule has 1 aliphatic heterocycles. The van der Waals surface area contributed by atoms with E-state index in [0.29, 0.717) is 11.3 Å². The number of nitrogens with zero attached hydrogens (tertiary/aromatic N) is 1. The zero-order valence-corrected chi connectivity index (χ0v) is 22.6. The van der Waals surface area contributed by atoms with E-state index < -0.39 is 60.1 Å². The maximum absolute atomic E-state index is 14.3. The molecule has 3 N–H and O–H groups in total. The second kappa shape index (κ2) is 12.0. The van der Waals surface area contributed by atoms with Gasteiger partial charge in [-0.15, -0.1) is 0 Å². The van der Waals surface area contributed by atoms with E-state index in [1.165, 1.54) is 36.4 Å². The Bertz CT molecular complexity index is 1800. The average molecular weight is 562 g/mol. The van der Waals surface area contributed by atoms with Crippen molar-refractivity contribution in [2.45, 2.75) is 57.8 Å². The molecule has 2 atom stereocenters. The van der Waals surface area contributed by atoms with Crippen molar-refractivity contribution in [1.29, 1.82) is 0 Å². The smallest absolute Gasteiger partial charge is 0.308 e. The van der Waals surface area contributed by atoms with Gasteiger partial charge in [0.25, 0.3) is 5.91 Å². The molecule has 5 rings (SSSR count). The first-order valence-corrected chi connectivity index (χ1v) is 13.4. The van der Waals surface area contributed by atoms with Crippen LogP contribution in [0.1, 0.15) is 61.9 Å². The van der Waals surface area contributed by atoms with Gasteiger partial charge in [0, 0.05) is 30.6 Å². The van der Waals surface area contributed by atoms with Gasteiger partial charge in [0.1, 0.15) is 17.7 Å². The number of aromatic nitrogens is 1. The number of phenols is 1. The number of aliphatic hydroxyl groups excluding tert-OH is 1. The number of nitrogens with one attached hydrogen (secondary N) is 1. The van der Waals surface area contributed by atoms with Gasteiger partial charge >= 0.3 is 5.97 Å². The molecule has 1 aliphatic rings. The van der Waals surface area contributed by atoms with Crippen LogP contribution in [-0.4, -0.2) is 38.9 Å². The Morgan fingerprint density at radius 1 is 1.12 bits per heavy atom. The Morgan fingerprint density at radius 2 is 1.83 bits per heavy atom. The number of ether oxygens (including phenoxy) is 1. The van der Waals surface area contributed by atoms with Crippen molar-refractivity contribution < 1.29 is 35.8 Å². The summed E-state index contributed by atoms with van der Waals surface area (Å²) in [6.45, 7) is 3.78. The number of aliphatic hydroxyl groups is 1. The SMILES string of the molecule is [2H]c1c([2H])c([2H])c(-c2c(C(=O)Nc3ccccc3O)c(C(C)C)n(CC[C@@H]3C[C@@H](O)CC(=O)O3)c2-c2ccc(F)cc2)c([2H])c1[2H]. The summed E-state index contributed by atoms with van der Waals surface area (Å²) in [4.78, 5) is 26.4. The van der Waals surface area contributed by atoms with Crippen LogP contribution in [-0.2, 0) is 16.1 Å². The van der Waals surface area contributed by atoms with E-state index in [9.17, 15) is 24.2 Å². The maximum atomic E-state index is 14.3. The molecule has 0 unspecified atom stereocenters. The number of carbonyl (C=O) groups excluding carboxylic acids is 2. The third-order valence-electron chi connectivity index (χ3n) is 7.01. The Balaban J connectivity index is 1.85. The molecule has 0 spiro atoms. The van der Waals surface area contributed by atoms with Crippen molar-refractivity contribution in [3.8, 4) is 28.1 Å². The van der Waals surface area contributed by atoms with Gasteiger partial charge in [-0.05, 0) is 53.4 Å². The molecule has 0 radical (unpaired) electrons. The fourth-order valence-corrected chi connectivity index (χ4v) is 5.30. The summed E-state index contributed by atoms with van der Waals surface area (Å²) in [5, 5.41) is 23.4. The second-order valence-electron chi connectivity index (χ2n) is 10.3. The summed E-state index contributed by atoms with van der Waals surface area (Å²) in [6, 6.07) is 8.57. The molecule has 3 aromatic carbocycles. The van der Waals surface area contributed by atoms with Gasteiger partial charge in [0.15, 0.2) is 0 Å². The summed E-state index contributed by atoms with van der Waals surface area (Å²) in [6.07, 6.45) is -1.23. The molecule has 41 heavy (non-hydrogen) atoms. The summed E-state index contributed by atoms with van der Waals surface area (Å²) in [5.41, 5.74) is 0.996. The Hall–Kier alpha value is -4.43. The van der Waals surface area contributed by atoms with Crippen LogP contribution in [0.2, 0.25) is 0 Å². The van der Waals surface area contributed by atoms with E-state index in [2.05, 4.69) is 5.32 Å². The first kappa shape index (κ1) is 22.3. The standard InChI is InChI=1S/C33H33FN2O5/c1-20(2)31-30(33(40)35-26-10-6-7-11-27(26)38)29(21-8-4-3-5-9-21)32(22-12-14-23(34)15-13-22)36(31)17-16-25-18-24(37)19-28(39)41-25/h3-15,20,24-25,37-38H,16-19H2,1-2H3,(H,35,40)/t24-,25-/m1/s1/i3D,4D,5D,8D,9D. The Labute approximate surface area is 245 Å². The van der Waals surface area contributed by atoms with Crippen LogP contribution in [0.5, 0.6) is 5.75 Å². The largest absolute Gasteiger partial charge is 0.506 e. The predicted molar refractivity (Wildman–Crippen MR) is 155 cm³/mol. The van der Waals surface area contributed by atoms with Gasteiger partial charge in [-0.3, -0.25) is 9.59 Å². The molecular weight excluding hydrogens is 523 g/mol. The minimum absolute atomic E-state index is 0.00298. The van der Waals surface area contributed by atoms with E-state index >= 15 is 0 Å². The predicted octanol–water partition coefficient (Wildman–Crippen LogP) is 6.50. The van der Waals surface area contributed by atoms with E-state index in [1.807, 2.05) is 13.8 Å². The van der Waals surface area contributed by atoms with Crippen LogP contribution < -0.4 is 5.32 Å². The quantitative estimate of drug-likeness (QED) is 0.168. The minimum atomic E-state index is -0.876. The van der Waals surface area contributed by atoms with Crippen LogP contribution in [0.15, 0.2) is 78.7 Å². The van der Waals surface area contributed by atoms with Crippen LogP contribution in [0.3, 0.4) is 0 Å². The van der Waals surface area contributed by atoms with Gasteiger partial charge < -0.3 is 24.8 Å². The molecule has 2 heterocycles. The van der Waals surface area contributed by atoms with Gasteiger partial charge in [0.05, 0.1) is 36.3 Å². The van der Waals surface area contributed by atoms with Gasteiger partial charge in [-0.1, -0.05) is 56.2 Å². The molecule has 8 heteroatoms. The molecule has 1 amide bonds. The van der Waals surface area contributed by atoms with Crippen LogP contribution in [0, 0.1) is 5.82 Å². The minimum Gasteiger partial charge on any atom is -0.506 e.